The van der Waals surface area contributed by atoms with E-state index in [0.29, 0.717) is 0 Å². The van der Waals surface area contributed by atoms with Crippen molar-refractivity contribution < 1.29 is 0 Å². The largest absolute Gasteiger partial charge is 0.354 e. The van der Waals surface area contributed by atoms with Gasteiger partial charge in [0.2, 0.25) is 0 Å². The number of rotatable bonds is 6. The second-order valence-corrected chi connectivity index (χ2v) is 15.8. The molecule has 0 radical (unpaired) electrons. The molecule has 0 atom stereocenters. The Labute approximate surface area is 359 Å². The van der Waals surface area contributed by atoms with Gasteiger partial charge in [-0.3, -0.25) is 0 Å². The summed E-state index contributed by atoms with van der Waals surface area (Å²) in [5.41, 5.74) is 21.8. The lowest BCUT2D eigenvalue weighted by Gasteiger charge is -2.15. The zero-order valence-corrected chi connectivity index (χ0v) is 33.8. The maximum atomic E-state index is 4.00. The second kappa shape index (κ2) is 14.7. The summed E-state index contributed by atoms with van der Waals surface area (Å²) in [6, 6.07) is 83.4. The van der Waals surface area contributed by atoms with Gasteiger partial charge in [0, 0.05) is 55.4 Å². The fraction of sp³-hybridized carbons (Fsp3) is 0. The first-order valence-electron chi connectivity index (χ1n) is 21.2. The Bertz CT molecular complexity index is 3430. The van der Waals surface area contributed by atoms with Crippen molar-refractivity contribution in [2.75, 3.05) is 0 Å². The van der Waals surface area contributed by atoms with E-state index in [-0.39, 0.29) is 0 Å². The Morgan fingerprint density at radius 2 is 0.452 bits per heavy atom. The van der Waals surface area contributed by atoms with Gasteiger partial charge in [0.1, 0.15) is 0 Å². The molecule has 0 saturated heterocycles. The lowest BCUT2D eigenvalue weighted by Crippen LogP contribution is -1.98. The highest BCUT2D eigenvalue weighted by atomic mass is 15.0. The monoisotopic (exact) mass is 792 g/mol. The molecule has 0 spiro atoms. The van der Waals surface area contributed by atoms with Crippen LogP contribution in [0.4, 0.5) is 0 Å². The molecule has 292 valence electrons. The summed E-state index contributed by atoms with van der Waals surface area (Å²) in [7, 11) is 0. The summed E-state index contributed by atoms with van der Waals surface area (Å²) in [4.78, 5) is 8.00. The van der Waals surface area contributed by atoms with Crippen LogP contribution < -0.4 is 0 Å². The average Bonchev–Trinajstić information content (AvgIpc) is 4.17. The quantitative estimate of drug-likeness (QED) is 0.168. The van der Waals surface area contributed by atoms with Crippen molar-refractivity contribution in [3.8, 4) is 67.0 Å². The van der Waals surface area contributed by atoms with Crippen molar-refractivity contribution in [3.05, 3.63) is 231 Å². The van der Waals surface area contributed by atoms with Crippen molar-refractivity contribution in [1.29, 1.82) is 0 Å². The fourth-order valence-electron chi connectivity index (χ4n) is 9.63. The molecule has 62 heavy (non-hydrogen) atoms. The molecule has 0 fully saturated rings. The summed E-state index contributed by atoms with van der Waals surface area (Å²) in [5, 5.41) is 0. The molecule has 6 aromatic carbocycles. The van der Waals surface area contributed by atoms with Crippen LogP contribution in [0, 0.1) is 0 Å². The number of benzene rings is 6. The Hall–Kier alpha value is -8.34. The topological polar surface area (TPSA) is 40.4 Å². The third kappa shape index (κ3) is 5.76. The van der Waals surface area contributed by atoms with Gasteiger partial charge in [0.25, 0.3) is 0 Å². The lowest BCUT2D eigenvalue weighted by atomic mass is 10.0. The van der Waals surface area contributed by atoms with E-state index in [4.69, 9.17) is 0 Å². The van der Waals surface area contributed by atoms with E-state index in [1.54, 1.807) is 0 Å². The first kappa shape index (κ1) is 35.6. The summed E-state index contributed by atoms with van der Waals surface area (Å²) in [5.74, 6) is 0. The van der Waals surface area contributed by atoms with Gasteiger partial charge >= 0.3 is 0 Å². The van der Waals surface area contributed by atoms with Gasteiger partial charge in [0.05, 0.1) is 33.5 Å². The summed E-state index contributed by atoms with van der Waals surface area (Å²) in [6.45, 7) is 0. The molecule has 12 aromatic rings. The third-order valence-corrected chi connectivity index (χ3v) is 12.3. The zero-order chi connectivity index (χ0) is 41.0. The number of nitrogens with one attached hydrogen (secondary N) is 2. The van der Waals surface area contributed by atoms with Crippen LogP contribution in [0.5, 0.6) is 0 Å². The summed E-state index contributed by atoms with van der Waals surface area (Å²) >= 11 is 0. The molecule has 4 nitrogen and oxygen atoms in total. The molecule has 6 aromatic heterocycles. The van der Waals surface area contributed by atoms with Crippen LogP contribution in [0.25, 0.3) is 111 Å². The van der Waals surface area contributed by atoms with Gasteiger partial charge < -0.3 is 18.8 Å². The molecule has 0 aliphatic rings. The summed E-state index contributed by atoms with van der Waals surface area (Å²) in [6.07, 6.45) is 0. The highest BCUT2D eigenvalue weighted by Gasteiger charge is 2.24. The predicted octanol–water partition coefficient (Wildman–Crippen LogP) is 15.4. The first-order valence-corrected chi connectivity index (χ1v) is 21.2. The molecule has 0 aliphatic carbocycles. The second-order valence-electron chi connectivity index (χ2n) is 15.8. The molecule has 6 heterocycles. The van der Waals surface area contributed by atoms with Gasteiger partial charge in [-0.2, -0.15) is 0 Å². The first-order chi connectivity index (χ1) is 30.8. The number of H-pyrrole nitrogens is 2. The van der Waals surface area contributed by atoms with Crippen molar-refractivity contribution in [3.63, 3.8) is 0 Å². The molecular formula is C58H40N4. The normalized spacial score (nSPS) is 11.5. The minimum absolute atomic E-state index is 1.03. The Morgan fingerprint density at radius 3 is 0.774 bits per heavy atom. The molecule has 0 amide bonds. The highest BCUT2D eigenvalue weighted by molar-refractivity contribution is 6.06. The zero-order valence-electron chi connectivity index (χ0n) is 33.8. The minimum Gasteiger partial charge on any atom is -0.354 e. The number of hydrogen-bond donors (Lipinski definition) is 2. The number of hydrogen-bond acceptors (Lipinski definition) is 0. The van der Waals surface area contributed by atoms with Gasteiger partial charge in [-0.15, -0.1) is 0 Å². The van der Waals surface area contributed by atoms with E-state index < -0.39 is 0 Å². The lowest BCUT2D eigenvalue weighted by molar-refractivity contribution is 1.22. The van der Waals surface area contributed by atoms with Gasteiger partial charge in [-0.1, -0.05) is 182 Å². The van der Waals surface area contributed by atoms with Crippen molar-refractivity contribution in [1.82, 2.24) is 18.8 Å². The van der Waals surface area contributed by atoms with E-state index >= 15 is 0 Å². The van der Waals surface area contributed by atoms with Crippen LogP contribution in [0.1, 0.15) is 0 Å². The molecule has 0 unspecified atom stereocenters. The van der Waals surface area contributed by atoms with Crippen molar-refractivity contribution in [2.24, 2.45) is 0 Å². The van der Waals surface area contributed by atoms with Gasteiger partial charge in [-0.25, -0.2) is 0 Å². The number of aromatic nitrogens is 4. The van der Waals surface area contributed by atoms with Crippen molar-refractivity contribution in [2.45, 2.75) is 0 Å². The van der Waals surface area contributed by atoms with Crippen LogP contribution >= 0.6 is 0 Å². The van der Waals surface area contributed by atoms with Crippen LogP contribution in [0.2, 0.25) is 0 Å². The predicted molar refractivity (Wildman–Crippen MR) is 260 cm³/mol. The molecule has 2 N–H and O–H groups in total. The average molecular weight is 793 g/mol. The smallest absolute Gasteiger partial charge is 0.0782 e. The number of aromatic amines is 2. The van der Waals surface area contributed by atoms with E-state index in [9.17, 15) is 0 Å². The SMILES string of the molecule is c1ccc(-c2c3ccc([nH]3)c(-c3ccccc3)c3ccc4c(-c5ccccc5)c5ccc(c(-c6ccccc6)c6ccc2[nH]6)n5c(-c2ccccc2)c(-c2ccccc2)n34)cc1. The van der Waals surface area contributed by atoms with E-state index in [1.165, 1.54) is 0 Å². The van der Waals surface area contributed by atoms with Gasteiger partial charge in [0.15, 0.2) is 0 Å². The van der Waals surface area contributed by atoms with E-state index in [0.717, 1.165) is 111 Å². The molecule has 4 heteroatoms. The van der Waals surface area contributed by atoms with Crippen LogP contribution in [-0.2, 0) is 0 Å². The van der Waals surface area contributed by atoms with Gasteiger partial charge in [-0.05, 0) is 70.8 Å². The molecule has 6 bridgehead atoms. The Balaban J connectivity index is 1.47. The molecule has 12 rings (SSSR count). The third-order valence-electron chi connectivity index (χ3n) is 12.3. The summed E-state index contributed by atoms with van der Waals surface area (Å²) < 4.78 is 5.07. The fourth-order valence-corrected chi connectivity index (χ4v) is 9.63. The Morgan fingerprint density at radius 1 is 0.210 bits per heavy atom. The Kier molecular flexibility index (Phi) is 8.46. The molecular weight excluding hydrogens is 753 g/mol. The van der Waals surface area contributed by atoms with Crippen LogP contribution in [0.15, 0.2) is 231 Å². The maximum Gasteiger partial charge on any atom is 0.0782 e. The molecule has 0 aliphatic heterocycles. The van der Waals surface area contributed by atoms with Crippen LogP contribution in [0.3, 0.4) is 0 Å². The van der Waals surface area contributed by atoms with Crippen LogP contribution in [-0.4, -0.2) is 18.8 Å². The number of nitrogens with zero attached hydrogens (tertiary/aromatic N) is 2. The van der Waals surface area contributed by atoms with Crippen molar-refractivity contribution >= 4 is 44.1 Å². The highest BCUT2D eigenvalue weighted by Crippen LogP contribution is 2.45. The standard InChI is InChI=1S/C58H40N4/c1-7-19-39(20-8-1)53-45-31-33-47(59-45)54(40-21-9-2-10-22-40)49-35-37-51-56(42-25-13-4-14-26-42)52-38-36-50(55(41-23-11-3-12-24-41)48-34-32-46(53)60-48)62(52)58(44-29-17-6-18-30-44)57(61(49)51)43-27-15-5-16-28-43/h1-38,59-60H. The molecule has 0 saturated carbocycles. The number of fused-ring (bicyclic) bond motifs is 5. The van der Waals surface area contributed by atoms with E-state index in [2.05, 4.69) is 249 Å². The van der Waals surface area contributed by atoms with E-state index in [1.807, 2.05) is 0 Å². The maximum absolute atomic E-state index is 4.00. The minimum atomic E-state index is 1.03.